The van der Waals surface area contributed by atoms with E-state index in [1.165, 1.54) is 6.07 Å². The van der Waals surface area contributed by atoms with E-state index in [1.54, 1.807) is 18.2 Å². The van der Waals surface area contributed by atoms with Gasteiger partial charge in [0.15, 0.2) is 11.5 Å². The van der Waals surface area contributed by atoms with Crippen molar-refractivity contribution in [3.8, 4) is 11.5 Å². The first-order valence-electron chi connectivity index (χ1n) is 8.41. The molecule has 0 aliphatic heterocycles. The van der Waals surface area contributed by atoms with Crippen molar-refractivity contribution in [1.82, 2.24) is 0 Å². The molecule has 3 aromatic rings. The zero-order chi connectivity index (χ0) is 18.7. The summed E-state index contributed by atoms with van der Waals surface area (Å²) < 4.78 is 16.8. The van der Waals surface area contributed by atoms with Crippen molar-refractivity contribution in [2.45, 2.75) is 27.4 Å². The fraction of sp³-hybridized carbons (Fsp3) is 0.238. The van der Waals surface area contributed by atoms with Crippen LogP contribution in [0, 0.1) is 13.8 Å². The van der Waals surface area contributed by atoms with E-state index in [-0.39, 0.29) is 6.61 Å². The Hall–Kier alpha value is -3.08. The molecule has 5 nitrogen and oxygen atoms in total. The van der Waals surface area contributed by atoms with Gasteiger partial charge >= 0.3 is 5.63 Å². The van der Waals surface area contributed by atoms with E-state index in [0.29, 0.717) is 29.3 Å². The molecule has 0 atom stereocenters. The number of hydrogen-bond donors (Lipinski definition) is 0. The molecule has 3 rings (SSSR count). The first-order chi connectivity index (χ1) is 12.5. The molecule has 26 heavy (non-hydrogen) atoms. The topological polar surface area (TPSA) is 65.7 Å². The number of carbonyl (C=O) groups is 1. The van der Waals surface area contributed by atoms with Crippen LogP contribution in [0.2, 0.25) is 0 Å². The van der Waals surface area contributed by atoms with Crippen molar-refractivity contribution in [2.24, 2.45) is 0 Å². The van der Waals surface area contributed by atoms with Crippen LogP contribution in [0.15, 0.2) is 45.6 Å². The minimum atomic E-state index is -0.411. The minimum absolute atomic E-state index is 0.186. The molecule has 1 aromatic heterocycles. The second-order valence-electron chi connectivity index (χ2n) is 6.02. The first kappa shape index (κ1) is 17.7. The first-order valence-corrected chi connectivity index (χ1v) is 8.41. The second-order valence-corrected chi connectivity index (χ2v) is 6.02. The number of ether oxygens (including phenoxy) is 2. The van der Waals surface area contributed by atoms with Crippen LogP contribution < -0.4 is 15.1 Å². The van der Waals surface area contributed by atoms with Gasteiger partial charge < -0.3 is 13.9 Å². The van der Waals surface area contributed by atoms with Gasteiger partial charge in [-0.1, -0.05) is 12.1 Å². The predicted molar refractivity (Wildman–Crippen MR) is 99.3 cm³/mol. The minimum Gasteiger partial charge on any atom is -0.490 e. The number of aldehydes is 1. The normalized spacial score (nSPS) is 10.7. The Morgan fingerprint density at radius 3 is 2.58 bits per heavy atom. The smallest absolute Gasteiger partial charge is 0.336 e. The van der Waals surface area contributed by atoms with Gasteiger partial charge in [-0.25, -0.2) is 4.79 Å². The Labute approximate surface area is 151 Å². The lowest BCUT2D eigenvalue weighted by Gasteiger charge is -2.13. The monoisotopic (exact) mass is 352 g/mol. The summed E-state index contributed by atoms with van der Waals surface area (Å²) in [5.74, 6) is 1.01. The Bertz CT molecular complexity index is 1020. The number of fused-ring (bicyclic) bond motifs is 1. The molecule has 0 spiro atoms. The number of rotatable bonds is 6. The number of carbonyl (C=O) groups excluding carboxylic acids is 1. The van der Waals surface area contributed by atoms with Crippen molar-refractivity contribution in [3.63, 3.8) is 0 Å². The highest BCUT2D eigenvalue weighted by atomic mass is 16.5. The third kappa shape index (κ3) is 3.47. The zero-order valence-corrected chi connectivity index (χ0v) is 15.0. The molecule has 0 radical (unpaired) electrons. The predicted octanol–water partition coefficient (Wildman–Crippen LogP) is 4.20. The molecule has 0 N–H and O–H groups in total. The highest BCUT2D eigenvalue weighted by Gasteiger charge is 2.12. The van der Waals surface area contributed by atoms with Crippen LogP contribution in [0.3, 0.4) is 0 Å². The molecule has 0 saturated carbocycles. The standard InChI is InChI=1S/C21H20O5/c1-4-24-19-9-15(11-22)6-8-18(19)25-12-16-10-20(23)26-21-14(3)13(2)5-7-17(16)21/h5-11H,4,12H2,1-3H3. The zero-order valence-electron chi connectivity index (χ0n) is 15.0. The molecule has 134 valence electrons. The fourth-order valence-electron chi connectivity index (χ4n) is 2.78. The van der Waals surface area contributed by atoms with Crippen LogP contribution in [0.1, 0.15) is 34.0 Å². The van der Waals surface area contributed by atoms with Gasteiger partial charge in [0.2, 0.25) is 0 Å². The van der Waals surface area contributed by atoms with E-state index in [4.69, 9.17) is 13.9 Å². The highest BCUT2D eigenvalue weighted by Crippen LogP contribution is 2.30. The molecule has 0 aliphatic rings. The quantitative estimate of drug-likeness (QED) is 0.491. The largest absolute Gasteiger partial charge is 0.490 e. The molecular weight excluding hydrogens is 332 g/mol. The van der Waals surface area contributed by atoms with Crippen molar-refractivity contribution < 1.29 is 18.7 Å². The van der Waals surface area contributed by atoms with E-state index < -0.39 is 5.63 Å². The summed E-state index contributed by atoms with van der Waals surface area (Å²) in [5, 5.41) is 0.843. The molecule has 0 aliphatic carbocycles. The lowest BCUT2D eigenvalue weighted by Crippen LogP contribution is -2.06. The van der Waals surface area contributed by atoms with E-state index in [9.17, 15) is 9.59 Å². The van der Waals surface area contributed by atoms with E-state index >= 15 is 0 Å². The Balaban J connectivity index is 1.97. The second kappa shape index (κ2) is 7.44. The number of hydrogen-bond acceptors (Lipinski definition) is 5. The Morgan fingerprint density at radius 2 is 1.85 bits per heavy atom. The third-order valence-electron chi connectivity index (χ3n) is 4.30. The SMILES string of the molecule is CCOc1cc(C=O)ccc1OCc1cc(=O)oc2c(C)c(C)ccc12. The summed E-state index contributed by atoms with van der Waals surface area (Å²) in [6, 6.07) is 10.4. The average Bonchev–Trinajstić information content (AvgIpc) is 2.64. The molecule has 0 amide bonds. The summed E-state index contributed by atoms with van der Waals surface area (Å²) in [6.45, 7) is 6.40. The average molecular weight is 352 g/mol. The van der Waals surface area contributed by atoms with Gasteiger partial charge in [0.1, 0.15) is 18.5 Å². The summed E-state index contributed by atoms with van der Waals surface area (Å²) in [4.78, 5) is 22.9. The highest BCUT2D eigenvalue weighted by molar-refractivity contribution is 5.83. The lowest BCUT2D eigenvalue weighted by atomic mass is 10.0. The van der Waals surface area contributed by atoms with Crippen molar-refractivity contribution in [1.29, 1.82) is 0 Å². The third-order valence-corrected chi connectivity index (χ3v) is 4.30. The molecular formula is C21H20O5. The summed E-state index contributed by atoms with van der Waals surface area (Å²) in [6.07, 6.45) is 0.757. The van der Waals surface area contributed by atoms with Gasteiger partial charge in [0.05, 0.1) is 6.61 Å². The van der Waals surface area contributed by atoms with Crippen LogP contribution in [-0.4, -0.2) is 12.9 Å². The fourth-order valence-corrected chi connectivity index (χ4v) is 2.78. The van der Waals surface area contributed by atoms with Gasteiger partial charge in [0, 0.05) is 22.6 Å². The number of aryl methyl sites for hydroxylation is 2. The molecule has 0 bridgehead atoms. The van der Waals surface area contributed by atoms with Gasteiger partial charge in [-0.05, 0) is 50.1 Å². The maximum Gasteiger partial charge on any atom is 0.336 e. The number of benzene rings is 2. The van der Waals surface area contributed by atoms with Crippen molar-refractivity contribution >= 4 is 17.3 Å². The summed E-state index contributed by atoms with van der Waals surface area (Å²) >= 11 is 0. The molecule has 5 heteroatoms. The Kier molecular flexibility index (Phi) is 5.07. The van der Waals surface area contributed by atoms with Crippen LogP contribution in [0.5, 0.6) is 11.5 Å². The van der Waals surface area contributed by atoms with Gasteiger partial charge in [0.25, 0.3) is 0 Å². The van der Waals surface area contributed by atoms with Gasteiger partial charge in [-0.3, -0.25) is 4.79 Å². The lowest BCUT2D eigenvalue weighted by molar-refractivity contribution is 0.112. The summed E-state index contributed by atoms with van der Waals surface area (Å²) in [5.41, 5.74) is 3.41. The van der Waals surface area contributed by atoms with E-state index in [1.807, 2.05) is 32.9 Å². The molecule has 1 heterocycles. The van der Waals surface area contributed by atoms with Gasteiger partial charge in [-0.15, -0.1) is 0 Å². The maximum absolute atomic E-state index is 11.9. The molecule has 0 fully saturated rings. The summed E-state index contributed by atoms with van der Waals surface area (Å²) in [7, 11) is 0. The van der Waals surface area contributed by atoms with Crippen LogP contribution in [0.25, 0.3) is 11.0 Å². The molecule has 2 aromatic carbocycles. The van der Waals surface area contributed by atoms with Crippen LogP contribution in [0.4, 0.5) is 0 Å². The van der Waals surface area contributed by atoms with Gasteiger partial charge in [-0.2, -0.15) is 0 Å². The maximum atomic E-state index is 11.9. The van der Waals surface area contributed by atoms with Crippen LogP contribution >= 0.6 is 0 Å². The van der Waals surface area contributed by atoms with E-state index in [2.05, 4.69) is 0 Å². The van der Waals surface area contributed by atoms with Crippen LogP contribution in [-0.2, 0) is 6.61 Å². The molecule has 0 saturated heterocycles. The van der Waals surface area contributed by atoms with Crippen molar-refractivity contribution in [3.05, 3.63) is 69.1 Å². The molecule has 0 unspecified atom stereocenters. The Morgan fingerprint density at radius 1 is 1.04 bits per heavy atom. The van der Waals surface area contributed by atoms with Crippen molar-refractivity contribution in [2.75, 3.05) is 6.61 Å². The van der Waals surface area contributed by atoms with E-state index in [0.717, 1.165) is 28.4 Å².